The first-order valence-corrected chi connectivity index (χ1v) is 20.3. The lowest BCUT2D eigenvalue weighted by Crippen LogP contribution is -2.30. The smallest absolute Gasteiger partial charge is 0.0538 e. The molecule has 1 aliphatic heterocycles. The Labute approximate surface area is 325 Å². The molecule has 1 aromatic heterocycles. The fourth-order valence-electron chi connectivity index (χ4n) is 9.55. The maximum absolute atomic E-state index is 3.89. The zero-order valence-corrected chi connectivity index (χ0v) is 32.3. The van der Waals surface area contributed by atoms with Gasteiger partial charge in [-0.05, 0) is 117 Å². The molecule has 1 aliphatic carbocycles. The normalized spacial score (nSPS) is 14.1. The van der Waals surface area contributed by atoms with Gasteiger partial charge in [0.05, 0.1) is 22.8 Å². The zero-order chi connectivity index (χ0) is 37.1. The summed E-state index contributed by atoms with van der Waals surface area (Å²) in [6.07, 6.45) is 8.24. The van der Waals surface area contributed by atoms with E-state index in [0.717, 1.165) is 19.3 Å². The van der Waals surface area contributed by atoms with Gasteiger partial charge in [-0.3, -0.25) is 0 Å². The summed E-state index contributed by atoms with van der Waals surface area (Å²) in [6, 6.07) is 55.0. The molecule has 0 bridgehead atoms. The van der Waals surface area contributed by atoms with E-state index in [0.29, 0.717) is 0 Å². The number of unbranched alkanes of at least 4 members (excludes halogenated alkanes) is 3. The monoisotopic (exact) mass is 712 g/mol. The number of nitrogens with one attached hydrogen (secondary N) is 1. The van der Waals surface area contributed by atoms with Gasteiger partial charge in [0.1, 0.15) is 0 Å². The molecule has 0 saturated heterocycles. The largest absolute Gasteiger partial charge is 0.354 e. The Morgan fingerprint density at radius 3 is 1.84 bits per heavy atom. The minimum atomic E-state index is -0.0621. The van der Waals surface area contributed by atoms with Gasteiger partial charge in [-0.2, -0.15) is 0 Å². The van der Waals surface area contributed by atoms with Gasteiger partial charge < -0.3 is 9.88 Å². The highest BCUT2D eigenvalue weighted by molar-refractivity contribution is 6.05. The maximum atomic E-state index is 3.89. The van der Waals surface area contributed by atoms with Crippen LogP contribution in [0.4, 0.5) is 17.1 Å². The maximum Gasteiger partial charge on any atom is 0.0538 e. The molecule has 10 rings (SSSR count). The molecule has 0 radical (unpaired) electrons. The Morgan fingerprint density at radius 2 is 1.13 bits per heavy atom. The molecular weight excluding hydrogens is 665 g/mol. The Bertz CT molecular complexity index is 2680. The van der Waals surface area contributed by atoms with Crippen molar-refractivity contribution in [2.45, 2.75) is 71.1 Å². The van der Waals surface area contributed by atoms with Crippen molar-refractivity contribution < 1.29 is 0 Å². The van der Waals surface area contributed by atoms with Crippen LogP contribution in [0.3, 0.4) is 0 Å². The molecule has 0 atom stereocenters. The van der Waals surface area contributed by atoms with Gasteiger partial charge >= 0.3 is 0 Å². The molecule has 55 heavy (non-hydrogen) atoms. The second-order valence-electron chi connectivity index (χ2n) is 16.4. The SMILES string of the molecule is CCCCCCc1ccc(-c2[nH]c(-c3ccc4cc5c(cc4c3)Cc3ccc(N4c6ccccc6C(C)(C)c6ccccc64)cc3C5)c3ccccc23)cc1. The van der Waals surface area contributed by atoms with Crippen molar-refractivity contribution in [2.24, 2.45) is 0 Å². The quantitative estimate of drug-likeness (QED) is 0.155. The second kappa shape index (κ2) is 13.5. The van der Waals surface area contributed by atoms with Crippen LogP contribution in [-0.2, 0) is 24.7 Å². The number of aryl methyl sites for hydroxylation is 1. The molecule has 1 N–H and O–H groups in total. The number of anilines is 3. The highest BCUT2D eigenvalue weighted by atomic mass is 15.2. The minimum Gasteiger partial charge on any atom is -0.354 e. The van der Waals surface area contributed by atoms with Crippen LogP contribution in [-0.4, -0.2) is 4.98 Å². The van der Waals surface area contributed by atoms with Gasteiger partial charge in [0.15, 0.2) is 0 Å². The van der Waals surface area contributed by atoms with Crippen LogP contribution >= 0.6 is 0 Å². The van der Waals surface area contributed by atoms with E-state index in [2.05, 4.69) is 176 Å². The molecule has 0 amide bonds. The molecule has 0 spiro atoms. The first-order valence-electron chi connectivity index (χ1n) is 20.3. The number of benzene rings is 7. The van der Waals surface area contributed by atoms with Crippen molar-refractivity contribution in [3.63, 3.8) is 0 Å². The topological polar surface area (TPSA) is 19.0 Å². The summed E-state index contributed by atoms with van der Waals surface area (Å²) >= 11 is 0. The Balaban J connectivity index is 0.963. The molecule has 8 aromatic rings. The summed E-state index contributed by atoms with van der Waals surface area (Å²) in [4.78, 5) is 6.37. The van der Waals surface area contributed by atoms with Gasteiger partial charge in [0.25, 0.3) is 0 Å². The van der Waals surface area contributed by atoms with Crippen molar-refractivity contribution in [1.29, 1.82) is 0 Å². The summed E-state index contributed by atoms with van der Waals surface area (Å²) in [5.74, 6) is 0. The number of nitrogens with zero attached hydrogens (tertiary/aromatic N) is 1. The van der Waals surface area contributed by atoms with Crippen LogP contribution in [0.2, 0.25) is 0 Å². The number of aromatic amines is 1. The summed E-state index contributed by atoms with van der Waals surface area (Å²) in [6.45, 7) is 6.98. The summed E-state index contributed by atoms with van der Waals surface area (Å²) in [7, 11) is 0. The van der Waals surface area contributed by atoms with Crippen LogP contribution in [0.5, 0.6) is 0 Å². The molecule has 2 heteroatoms. The highest BCUT2D eigenvalue weighted by Crippen LogP contribution is 2.52. The Kier molecular flexibility index (Phi) is 8.25. The van der Waals surface area contributed by atoms with Crippen LogP contribution in [0.25, 0.3) is 44.1 Å². The average molecular weight is 713 g/mol. The molecule has 7 aromatic carbocycles. The summed E-state index contributed by atoms with van der Waals surface area (Å²) in [5, 5.41) is 5.14. The molecular formula is C53H48N2. The van der Waals surface area contributed by atoms with Crippen molar-refractivity contribution in [1.82, 2.24) is 4.98 Å². The second-order valence-corrected chi connectivity index (χ2v) is 16.4. The highest BCUT2D eigenvalue weighted by Gasteiger charge is 2.36. The lowest BCUT2D eigenvalue weighted by atomic mass is 9.73. The molecule has 0 unspecified atom stereocenters. The van der Waals surface area contributed by atoms with Gasteiger partial charge in [0.2, 0.25) is 0 Å². The van der Waals surface area contributed by atoms with E-state index in [-0.39, 0.29) is 5.41 Å². The van der Waals surface area contributed by atoms with E-state index in [1.807, 2.05) is 0 Å². The lowest BCUT2D eigenvalue weighted by molar-refractivity contribution is 0.632. The van der Waals surface area contributed by atoms with E-state index < -0.39 is 0 Å². The summed E-state index contributed by atoms with van der Waals surface area (Å²) in [5.41, 5.74) is 18.5. The van der Waals surface area contributed by atoms with Gasteiger partial charge in [-0.15, -0.1) is 0 Å². The molecule has 0 fully saturated rings. The Hall–Kier alpha value is -5.86. The van der Waals surface area contributed by atoms with Gasteiger partial charge in [0, 0.05) is 21.9 Å². The van der Waals surface area contributed by atoms with E-state index >= 15 is 0 Å². The van der Waals surface area contributed by atoms with Crippen molar-refractivity contribution >= 4 is 38.6 Å². The van der Waals surface area contributed by atoms with Crippen LogP contribution in [0.1, 0.15) is 85.4 Å². The third-order valence-corrected chi connectivity index (χ3v) is 12.6. The number of fused-ring (bicyclic) bond motifs is 6. The minimum absolute atomic E-state index is 0.0621. The van der Waals surface area contributed by atoms with Crippen LogP contribution in [0, 0.1) is 0 Å². The van der Waals surface area contributed by atoms with E-state index in [4.69, 9.17) is 0 Å². The third kappa shape index (κ3) is 5.78. The molecule has 0 saturated carbocycles. The van der Waals surface area contributed by atoms with E-state index in [1.54, 1.807) is 0 Å². The van der Waals surface area contributed by atoms with Crippen LogP contribution < -0.4 is 4.90 Å². The number of para-hydroxylation sites is 2. The zero-order valence-electron chi connectivity index (χ0n) is 32.3. The standard InChI is InChI=1S/C53H48N2/c1-4-5-6-7-14-35-21-23-36(24-22-35)51-45-15-8-9-16-46(45)52(54-51)39-26-25-37-29-42-33-43-34-44(28-27-38(43)30-41(42)32-40(37)31-39)55-49-19-12-10-17-47(49)53(2,3)48-18-11-13-20-50(48)55/h8-13,15-29,31-32,34,54H,4-7,14,30,33H2,1-3H3. The first kappa shape index (κ1) is 33.7. The Morgan fingerprint density at radius 1 is 0.527 bits per heavy atom. The molecule has 2 aliphatic rings. The van der Waals surface area contributed by atoms with Gasteiger partial charge in [-0.1, -0.05) is 155 Å². The fourth-order valence-corrected chi connectivity index (χ4v) is 9.55. The molecule has 2 heterocycles. The first-order chi connectivity index (χ1) is 27.0. The summed E-state index contributed by atoms with van der Waals surface area (Å²) < 4.78 is 0. The van der Waals surface area contributed by atoms with Gasteiger partial charge in [-0.25, -0.2) is 0 Å². The number of aromatic nitrogens is 1. The third-order valence-electron chi connectivity index (χ3n) is 12.6. The van der Waals surface area contributed by atoms with Crippen molar-refractivity contribution in [3.8, 4) is 22.5 Å². The number of hydrogen-bond donors (Lipinski definition) is 1. The molecule has 270 valence electrons. The number of rotatable bonds is 8. The number of H-pyrrole nitrogens is 1. The van der Waals surface area contributed by atoms with Crippen LogP contribution in [0.15, 0.2) is 146 Å². The average Bonchev–Trinajstić information content (AvgIpc) is 3.61. The number of hydrogen-bond acceptors (Lipinski definition) is 1. The predicted octanol–water partition coefficient (Wildman–Crippen LogP) is 14.4. The van der Waals surface area contributed by atoms with E-state index in [1.165, 1.54) is 126 Å². The molecule has 2 nitrogen and oxygen atoms in total. The van der Waals surface area contributed by atoms with E-state index in [9.17, 15) is 0 Å². The van der Waals surface area contributed by atoms with Crippen molar-refractivity contribution in [2.75, 3.05) is 4.90 Å². The predicted molar refractivity (Wildman–Crippen MR) is 233 cm³/mol. The lowest BCUT2D eigenvalue weighted by Gasteiger charge is -2.42. The fraction of sp³-hybridized carbons (Fsp3) is 0.208. The van der Waals surface area contributed by atoms with Crippen molar-refractivity contribution in [3.05, 3.63) is 185 Å².